The maximum Gasteiger partial charge on any atom is 0.267 e. The Hall–Kier alpha value is -3.33. The fourth-order valence-electron chi connectivity index (χ4n) is 1.67. The van der Waals surface area contributed by atoms with E-state index in [1.165, 1.54) is 6.20 Å². The standard InChI is InChI=1S/C16H15N5O/c1-11-6-7-19-15(8-11)20-10-12(9-17)16(22)21-14-4-2-13(18)3-5-14/h2-8,10H,18H2,1H3,(H,19,20)(H,21,22)/b12-10-. The van der Waals surface area contributed by atoms with Crippen LogP contribution in [0.3, 0.4) is 0 Å². The zero-order valence-electron chi connectivity index (χ0n) is 12.0. The fourth-order valence-corrected chi connectivity index (χ4v) is 1.67. The third kappa shape index (κ3) is 4.08. The molecule has 6 heteroatoms. The molecule has 1 aromatic carbocycles. The lowest BCUT2D eigenvalue weighted by molar-refractivity contribution is -0.112. The molecule has 0 aliphatic carbocycles. The summed E-state index contributed by atoms with van der Waals surface area (Å²) in [6.45, 7) is 1.93. The number of hydrogen-bond donors (Lipinski definition) is 3. The molecule has 2 aromatic rings. The van der Waals surface area contributed by atoms with Gasteiger partial charge in [0.15, 0.2) is 0 Å². The topological polar surface area (TPSA) is 104 Å². The van der Waals surface area contributed by atoms with Gasteiger partial charge in [-0.1, -0.05) is 0 Å². The van der Waals surface area contributed by atoms with Crippen molar-refractivity contribution < 1.29 is 4.79 Å². The highest BCUT2D eigenvalue weighted by molar-refractivity contribution is 6.06. The van der Waals surface area contributed by atoms with Gasteiger partial charge in [-0.2, -0.15) is 5.26 Å². The van der Waals surface area contributed by atoms with Gasteiger partial charge in [-0.25, -0.2) is 4.98 Å². The van der Waals surface area contributed by atoms with Crippen molar-refractivity contribution in [3.05, 3.63) is 59.9 Å². The van der Waals surface area contributed by atoms with Gasteiger partial charge in [0.25, 0.3) is 5.91 Å². The number of rotatable bonds is 4. The molecule has 0 unspecified atom stereocenters. The Balaban J connectivity index is 2.07. The minimum atomic E-state index is -0.507. The molecule has 0 saturated carbocycles. The van der Waals surface area contributed by atoms with E-state index < -0.39 is 5.91 Å². The third-order valence-electron chi connectivity index (χ3n) is 2.81. The Kier molecular flexibility index (Phi) is 4.73. The number of carbonyl (C=O) groups excluding carboxylic acids is 1. The second-order valence-corrected chi connectivity index (χ2v) is 4.61. The van der Waals surface area contributed by atoms with Crippen LogP contribution in [0.4, 0.5) is 17.2 Å². The van der Waals surface area contributed by atoms with E-state index in [-0.39, 0.29) is 5.57 Å². The van der Waals surface area contributed by atoms with Crippen LogP contribution in [0.15, 0.2) is 54.4 Å². The molecule has 110 valence electrons. The normalized spacial score (nSPS) is 10.6. The van der Waals surface area contributed by atoms with Gasteiger partial charge in [-0.05, 0) is 48.9 Å². The Morgan fingerprint density at radius 3 is 2.68 bits per heavy atom. The highest BCUT2D eigenvalue weighted by Crippen LogP contribution is 2.12. The predicted octanol–water partition coefficient (Wildman–Crippen LogP) is 2.43. The maximum atomic E-state index is 12.0. The van der Waals surface area contributed by atoms with Crippen LogP contribution in [-0.2, 0) is 4.79 Å². The smallest absolute Gasteiger partial charge is 0.267 e. The summed E-state index contributed by atoms with van der Waals surface area (Å²) in [7, 11) is 0. The molecular weight excluding hydrogens is 278 g/mol. The fraction of sp³-hybridized carbons (Fsp3) is 0.0625. The van der Waals surface area contributed by atoms with Crippen LogP contribution >= 0.6 is 0 Å². The molecule has 0 fully saturated rings. The molecule has 1 heterocycles. The average molecular weight is 293 g/mol. The molecule has 4 N–H and O–H groups in total. The molecule has 0 spiro atoms. The quantitative estimate of drug-likeness (QED) is 0.456. The van der Waals surface area contributed by atoms with Gasteiger partial charge in [0.1, 0.15) is 17.5 Å². The number of anilines is 3. The molecule has 0 aliphatic heterocycles. The molecule has 6 nitrogen and oxygen atoms in total. The second-order valence-electron chi connectivity index (χ2n) is 4.61. The largest absolute Gasteiger partial charge is 0.399 e. The van der Waals surface area contributed by atoms with Crippen molar-refractivity contribution in [3.8, 4) is 6.07 Å². The van der Waals surface area contributed by atoms with Gasteiger partial charge >= 0.3 is 0 Å². The number of nitrogens with one attached hydrogen (secondary N) is 2. The summed E-state index contributed by atoms with van der Waals surface area (Å²) in [5, 5.41) is 14.5. The van der Waals surface area contributed by atoms with Gasteiger partial charge in [0.2, 0.25) is 0 Å². The predicted molar refractivity (Wildman–Crippen MR) is 85.8 cm³/mol. The van der Waals surface area contributed by atoms with Gasteiger partial charge in [0.05, 0.1) is 0 Å². The Bertz CT molecular complexity index is 744. The Morgan fingerprint density at radius 2 is 2.05 bits per heavy atom. The lowest BCUT2D eigenvalue weighted by atomic mass is 10.2. The van der Waals surface area contributed by atoms with E-state index in [0.29, 0.717) is 17.2 Å². The molecular formula is C16H15N5O. The number of hydrogen-bond acceptors (Lipinski definition) is 5. The molecule has 0 bridgehead atoms. The number of pyridine rings is 1. The summed E-state index contributed by atoms with van der Waals surface area (Å²) in [6, 6.07) is 12.2. The first-order valence-electron chi connectivity index (χ1n) is 6.55. The van der Waals surface area contributed by atoms with Crippen molar-refractivity contribution in [1.82, 2.24) is 4.98 Å². The number of benzene rings is 1. The van der Waals surface area contributed by atoms with Crippen molar-refractivity contribution in [2.75, 3.05) is 16.4 Å². The number of carbonyl (C=O) groups is 1. The highest BCUT2D eigenvalue weighted by Gasteiger charge is 2.09. The zero-order chi connectivity index (χ0) is 15.9. The minimum absolute atomic E-state index is 0.0554. The monoisotopic (exact) mass is 293 g/mol. The van der Waals surface area contributed by atoms with Crippen LogP contribution in [0.1, 0.15) is 5.56 Å². The molecule has 0 atom stereocenters. The summed E-state index contributed by atoms with van der Waals surface area (Å²) in [5.41, 5.74) is 7.71. The van der Waals surface area contributed by atoms with Crippen molar-refractivity contribution in [2.45, 2.75) is 6.92 Å². The summed E-state index contributed by atoms with van der Waals surface area (Å²) in [4.78, 5) is 16.1. The van der Waals surface area contributed by atoms with Crippen LogP contribution in [0.2, 0.25) is 0 Å². The summed E-state index contributed by atoms with van der Waals surface area (Å²) in [6.07, 6.45) is 2.97. The number of nitriles is 1. The van der Waals surface area contributed by atoms with Gasteiger partial charge in [-0.15, -0.1) is 0 Å². The minimum Gasteiger partial charge on any atom is -0.399 e. The zero-order valence-corrected chi connectivity index (χ0v) is 12.0. The molecule has 1 amide bonds. The number of aromatic nitrogens is 1. The van der Waals surface area contributed by atoms with Crippen LogP contribution in [0, 0.1) is 18.3 Å². The van der Waals surface area contributed by atoms with Crippen LogP contribution < -0.4 is 16.4 Å². The van der Waals surface area contributed by atoms with E-state index in [1.807, 2.05) is 25.1 Å². The van der Waals surface area contributed by atoms with Gasteiger partial charge in [0, 0.05) is 23.8 Å². The molecule has 1 aromatic heterocycles. The molecule has 0 aliphatic rings. The number of nitrogens with zero attached hydrogens (tertiary/aromatic N) is 2. The van der Waals surface area contributed by atoms with Crippen molar-refractivity contribution in [2.24, 2.45) is 0 Å². The number of amides is 1. The number of nitrogen functional groups attached to an aromatic ring is 1. The molecule has 0 radical (unpaired) electrons. The van der Waals surface area contributed by atoms with Crippen LogP contribution in [0.25, 0.3) is 0 Å². The third-order valence-corrected chi connectivity index (χ3v) is 2.81. The summed E-state index contributed by atoms with van der Waals surface area (Å²) < 4.78 is 0. The molecule has 2 rings (SSSR count). The van der Waals surface area contributed by atoms with Gasteiger partial charge < -0.3 is 16.4 Å². The van der Waals surface area contributed by atoms with E-state index in [0.717, 1.165) is 5.56 Å². The van der Waals surface area contributed by atoms with E-state index in [9.17, 15) is 4.79 Å². The number of aryl methyl sites for hydroxylation is 1. The van der Waals surface area contributed by atoms with Crippen LogP contribution in [-0.4, -0.2) is 10.9 Å². The first-order valence-corrected chi connectivity index (χ1v) is 6.55. The number of nitrogens with two attached hydrogens (primary N) is 1. The van der Waals surface area contributed by atoms with E-state index in [1.54, 1.807) is 30.5 Å². The van der Waals surface area contributed by atoms with Crippen molar-refractivity contribution in [3.63, 3.8) is 0 Å². The second kappa shape index (κ2) is 6.90. The van der Waals surface area contributed by atoms with Crippen molar-refractivity contribution >= 4 is 23.1 Å². The van der Waals surface area contributed by atoms with E-state index >= 15 is 0 Å². The first-order chi connectivity index (χ1) is 10.6. The average Bonchev–Trinajstić information content (AvgIpc) is 2.50. The first kappa shape index (κ1) is 15.1. The SMILES string of the molecule is Cc1ccnc(N/C=C(/C#N)C(=O)Nc2ccc(N)cc2)c1. The Morgan fingerprint density at radius 1 is 1.32 bits per heavy atom. The molecule has 22 heavy (non-hydrogen) atoms. The summed E-state index contributed by atoms with van der Waals surface area (Å²) in [5.74, 6) is 0.0560. The lowest BCUT2D eigenvalue weighted by Crippen LogP contribution is -2.14. The van der Waals surface area contributed by atoms with Crippen molar-refractivity contribution in [1.29, 1.82) is 5.26 Å². The van der Waals surface area contributed by atoms with Crippen LogP contribution in [0.5, 0.6) is 0 Å². The summed E-state index contributed by atoms with van der Waals surface area (Å²) >= 11 is 0. The van der Waals surface area contributed by atoms with E-state index in [4.69, 9.17) is 11.0 Å². The Labute approximate surface area is 128 Å². The van der Waals surface area contributed by atoms with E-state index in [2.05, 4.69) is 15.6 Å². The van der Waals surface area contributed by atoms with Gasteiger partial charge in [-0.3, -0.25) is 4.79 Å². The molecule has 0 saturated heterocycles. The highest BCUT2D eigenvalue weighted by atomic mass is 16.1. The maximum absolute atomic E-state index is 12.0. The lowest BCUT2D eigenvalue weighted by Gasteiger charge is -2.05.